The van der Waals surface area contributed by atoms with Gasteiger partial charge in [0.2, 0.25) is 5.91 Å². The minimum absolute atomic E-state index is 0.00971. The maximum atomic E-state index is 12.3. The molecule has 0 unspecified atom stereocenters. The number of amides is 1. The van der Waals surface area contributed by atoms with Gasteiger partial charge in [-0.25, -0.2) is 0 Å². The topological polar surface area (TPSA) is 66.3 Å². The van der Waals surface area contributed by atoms with E-state index in [0.717, 1.165) is 42.6 Å². The van der Waals surface area contributed by atoms with Crippen LogP contribution in [0.5, 0.6) is 0 Å². The quantitative estimate of drug-likeness (QED) is 0.321. The SMILES string of the molecule is CCN(CC)c1ccc(-c2nnc(SCC(=O)NCCCN(C)c3ccccc3)n2C)cc1. The lowest BCUT2D eigenvalue weighted by atomic mass is 10.2. The highest BCUT2D eigenvalue weighted by atomic mass is 32.2. The number of carbonyl (C=O) groups is 1. The number of thioether (sulfide) groups is 1. The molecule has 1 amide bonds. The largest absolute Gasteiger partial charge is 0.375 e. The highest BCUT2D eigenvalue weighted by Gasteiger charge is 2.13. The molecule has 1 heterocycles. The van der Waals surface area contributed by atoms with E-state index in [2.05, 4.69) is 82.6 Å². The van der Waals surface area contributed by atoms with Crippen LogP contribution < -0.4 is 15.1 Å². The third-order valence-electron chi connectivity index (χ3n) is 5.61. The number of nitrogens with one attached hydrogen (secondary N) is 1. The van der Waals surface area contributed by atoms with Gasteiger partial charge in [0.1, 0.15) is 0 Å². The summed E-state index contributed by atoms with van der Waals surface area (Å²) < 4.78 is 1.94. The van der Waals surface area contributed by atoms with Gasteiger partial charge in [0.05, 0.1) is 5.75 Å². The zero-order chi connectivity index (χ0) is 23.6. The normalized spacial score (nSPS) is 10.8. The molecule has 0 fully saturated rings. The van der Waals surface area contributed by atoms with Crippen LogP contribution in [0.3, 0.4) is 0 Å². The van der Waals surface area contributed by atoms with Crippen molar-refractivity contribution < 1.29 is 4.79 Å². The third kappa shape index (κ3) is 6.74. The number of hydrogen-bond acceptors (Lipinski definition) is 6. The van der Waals surface area contributed by atoms with Crippen molar-refractivity contribution in [1.82, 2.24) is 20.1 Å². The van der Waals surface area contributed by atoms with Gasteiger partial charge in [0.25, 0.3) is 0 Å². The van der Waals surface area contributed by atoms with Gasteiger partial charge in [0, 0.05) is 57.2 Å². The van der Waals surface area contributed by atoms with Crippen LogP contribution in [-0.2, 0) is 11.8 Å². The number of carbonyl (C=O) groups excluding carboxylic acids is 1. The van der Waals surface area contributed by atoms with Crippen molar-refractivity contribution in [2.45, 2.75) is 25.4 Å². The van der Waals surface area contributed by atoms with E-state index in [-0.39, 0.29) is 5.91 Å². The number of hydrogen-bond donors (Lipinski definition) is 1. The number of aromatic nitrogens is 3. The number of nitrogens with zero attached hydrogens (tertiary/aromatic N) is 5. The minimum atomic E-state index is 0.00971. The summed E-state index contributed by atoms with van der Waals surface area (Å²) in [5.41, 5.74) is 3.40. The molecule has 0 aliphatic carbocycles. The van der Waals surface area contributed by atoms with Crippen LogP contribution in [0.2, 0.25) is 0 Å². The van der Waals surface area contributed by atoms with E-state index in [1.165, 1.54) is 23.1 Å². The first-order valence-electron chi connectivity index (χ1n) is 11.4. The summed E-state index contributed by atoms with van der Waals surface area (Å²) in [6.07, 6.45) is 0.888. The molecule has 2 aromatic carbocycles. The van der Waals surface area contributed by atoms with E-state index in [1.54, 1.807) is 0 Å². The maximum Gasteiger partial charge on any atom is 0.230 e. The Hall–Kier alpha value is -3.00. The first-order chi connectivity index (χ1) is 16.0. The second-order valence-corrected chi connectivity index (χ2v) is 8.78. The Balaban J connectivity index is 1.45. The molecule has 33 heavy (non-hydrogen) atoms. The average molecular weight is 467 g/mol. The van der Waals surface area contributed by atoms with Gasteiger partial charge in [-0.2, -0.15) is 0 Å². The number of rotatable bonds is 12. The van der Waals surface area contributed by atoms with Crippen LogP contribution in [-0.4, -0.2) is 59.7 Å². The molecule has 0 spiro atoms. The molecule has 176 valence electrons. The van der Waals surface area contributed by atoms with Crippen molar-refractivity contribution in [2.75, 3.05) is 48.8 Å². The van der Waals surface area contributed by atoms with Crippen molar-refractivity contribution in [3.63, 3.8) is 0 Å². The van der Waals surface area contributed by atoms with Gasteiger partial charge in [-0.15, -0.1) is 10.2 Å². The van der Waals surface area contributed by atoms with Gasteiger partial charge >= 0.3 is 0 Å². The van der Waals surface area contributed by atoms with E-state index in [0.29, 0.717) is 12.3 Å². The van der Waals surface area contributed by atoms with Crippen LogP contribution >= 0.6 is 11.8 Å². The second kappa shape index (κ2) is 12.3. The Morgan fingerprint density at radius 3 is 2.36 bits per heavy atom. The van der Waals surface area contributed by atoms with Crippen molar-refractivity contribution in [1.29, 1.82) is 0 Å². The molecule has 0 bridgehead atoms. The molecule has 0 saturated heterocycles. The van der Waals surface area contributed by atoms with Crippen molar-refractivity contribution >= 4 is 29.0 Å². The smallest absolute Gasteiger partial charge is 0.230 e. The molecule has 0 aliphatic heterocycles. The summed E-state index contributed by atoms with van der Waals surface area (Å²) in [7, 11) is 4.00. The molecule has 3 aromatic rings. The summed E-state index contributed by atoms with van der Waals surface area (Å²) in [5, 5.41) is 12.4. The summed E-state index contributed by atoms with van der Waals surface area (Å²) in [6, 6.07) is 18.6. The molecule has 8 heteroatoms. The Morgan fingerprint density at radius 1 is 1.00 bits per heavy atom. The molecule has 0 saturated carbocycles. The van der Waals surface area contributed by atoms with Crippen LogP contribution in [0.25, 0.3) is 11.4 Å². The fourth-order valence-corrected chi connectivity index (χ4v) is 4.38. The Kier molecular flexibility index (Phi) is 9.18. The van der Waals surface area contributed by atoms with E-state index >= 15 is 0 Å². The van der Waals surface area contributed by atoms with Gasteiger partial charge in [0.15, 0.2) is 11.0 Å². The fraction of sp³-hybridized carbons (Fsp3) is 0.400. The lowest BCUT2D eigenvalue weighted by molar-refractivity contribution is -0.118. The zero-order valence-electron chi connectivity index (χ0n) is 20.0. The van der Waals surface area contributed by atoms with Crippen LogP contribution in [0, 0.1) is 0 Å². The first-order valence-corrected chi connectivity index (χ1v) is 12.4. The summed E-state index contributed by atoms with van der Waals surface area (Å²) in [4.78, 5) is 16.8. The van der Waals surface area contributed by atoms with Gasteiger partial charge in [-0.1, -0.05) is 30.0 Å². The summed E-state index contributed by atoms with van der Waals surface area (Å²) in [5.74, 6) is 1.13. The molecule has 1 aromatic heterocycles. The van der Waals surface area contributed by atoms with Crippen LogP contribution in [0.1, 0.15) is 20.3 Å². The van der Waals surface area contributed by atoms with Crippen LogP contribution in [0.15, 0.2) is 59.8 Å². The molecule has 0 aliphatic rings. The second-order valence-electron chi connectivity index (χ2n) is 7.83. The molecular weight excluding hydrogens is 432 g/mol. The predicted molar refractivity (Wildman–Crippen MR) is 138 cm³/mol. The maximum absolute atomic E-state index is 12.3. The highest BCUT2D eigenvalue weighted by Crippen LogP contribution is 2.25. The van der Waals surface area contributed by atoms with Crippen LogP contribution in [0.4, 0.5) is 11.4 Å². The summed E-state index contributed by atoms with van der Waals surface area (Å²) in [6.45, 7) is 7.81. The fourth-order valence-electron chi connectivity index (χ4n) is 3.64. The average Bonchev–Trinajstić information content (AvgIpc) is 3.22. The van der Waals surface area contributed by atoms with Gasteiger partial charge in [-0.3, -0.25) is 4.79 Å². The van der Waals surface area contributed by atoms with Crippen molar-refractivity contribution in [3.8, 4) is 11.4 Å². The zero-order valence-corrected chi connectivity index (χ0v) is 20.8. The summed E-state index contributed by atoms with van der Waals surface area (Å²) >= 11 is 1.41. The number of benzene rings is 2. The van der Waals surface area contributed by atoms with Gasteiger partial charge in [-0.05, 0) is 56.7 Å². The highest BCUT2D eigenvalue weighted by molar-refractivity contribution is 7.99. The van der Waals surface area contributed by atoms with Crippen molar-refractivity contribution in [3.05, 3.63) is 54.6 Å². The molecule has 7 nitrogen and oxygen atoms in total. The van der Waals surface area contributed by atoms with E-state index in [4.69, 9.17) is 0 Å². The van der Waals surface area contributed by atoms with E-state index < -0.39 is 0 Å². The number of anilines is 2. The molecule has 0 radical (unpaired) electrons. The van der Waals surface area contributed by atoms with E-state index in [9.17, 15) is 4.79 Å². The lowest BCUT2D eigenvalue weighted by Gasteiger charge is -2.21. The Bertz CT molecular complexity index is 1000. The molecule has 0 atom stereocenters. The molecule has 3 rings (SSSR count). The lowest BCUT2D eigenvalue weighted by Crippen LogP contribution is -2.29. The Labute approximate surface area is 201 Å². The number of para-hydroxylation sites is 1. The Morgan fingerprint density at radius 2 is 1.70 bits per heavy atom. The standard InChI is InChI=1S/C25H34N6OS/c1-5-31(6-2)22-15-13-20(14-16-22)24-27-28-25(30(24)4)33-19-23(32)26-17-10-18-29(3)21-11-8-7-9-12-21/h7-9,11-16H,5-6,10,17-19H2,1-4H3,(H,26,32). The first kappa shape index (κ1) is 24.6. The van der Waals surface area contributed by atoms with Gasteiger partial charge < -0.3 is 19.7 Å². The predicted octanol–water partition coefficient (Wildman–Crippen LogP) is 4.06. The molecule has 1 N–H and O–H groups in total. The van der Waals surface area contributed by atoms with E-state index in [1.807, 2.05) is 29.8 Å². The molecular formula is C25H34N6OS. The van der Waals surface area contributed by atoms with Crippen molar-refractivity contribution in [2.24, 2.45) is 7.05 Å². The minimum Gasteiger partial charge on any atom is -0.375 e. The third-order valence-corrected chi connectivity index (χ3v) is 6.63. The monoisotopic (exact) mass is 466 g/mol.